The number of nitrogens with one attached hydrogen (secondary N) is 1. The Morgan fingerprint density at radius 1 is 1.47 bits per heavy atom. The van der Waals surface area contributed by atoms with Crippen LogP contribution in [0.2, 0.25) is 0 Å². The molecule has 1 aromatic rings. The molecule has 0 aliphatic carbocycles. The zero-order chi connectivity index (χ0) is 12.8. The van der Waals surface area contributed by atoms with Crippen LogP contribution >= 0.6 is 11.3 Å². The lowest BCUT2D eigenvalue weighted by Crippen LogP contribution is -2.43. The molecule has 17 heavy (non-hydrogen) atoms. The first-order valence-corrected chi connectivity index (χ1v) is 6.13. The van der Waals surface area contributed by atoms with Crippen molar-refractivity contribution >= 4 is 29.3 Å². The van der Waals surface area contributed by atoms with Gasteiger partial charge in [-0.25, -0.2) is 4.79 Å². The van der Waals surface area contributed by atoms with Crippen molar-refractivity contribution in [3.05, 3.63) is 28.5 Å². The van der Waals surface area contributed by atoms with Gasteiger partial charge in [0.1, 0.15) is 6.04 Å². The fourth-order valence-corrected chi connectivity index (χ4v) is 1.88. The van der Waals surface area contributed by atoms with Crippen LogP contribution in [0, 0.1) is 5.92 Å². The van der Waals surface area contributed by atoms with Crippen LogP contribution in [0.15, 0.2) is 23.6 Å². The van der Waals surface area contributed by atoms with Gasteiger partial charge in [0.05, 0.1) is 0 Å². The van der Waals surface area contributed by atoms with Crippen LogP contribution in [-0.2, 0) is 9.59 Å². The first-order chi connectivity index (χ1) is 8.00. The summed E-state index contributed by atoms with van der Waals surface area (Å²) in [5, 5.41) is 13.3. The number of amides is 1. The highest BCUT2D eigenvalue weighted by Gasteiger charge is 2.22. The number of aliphatic carboxylic acids is 1. The smallest absolute Gasteiger partial charge is 0.326 e. The number of thiophene rings is 1. The van der Waals surface area contributed by atoms with E-state index in [1.807, 2.05) is 17.5 Å². The number of hydrogen-bond acceptors (Lipinski definition) is 3. The van der Waals surface area contributed by atoms with E-state index in [9.17, 15) is 9.59 Å². The van der Waals surface area contributed by atoms with Crippen LogP contribution in [0.5, 0.6) is 0 Å². The Labute approximate surface area is 104 Å². The summed E-state index contributed by atoms with van der Waals surface area (Å²) < 4.78 is 0. The lowest BCUT2D eigenvalue weighted by molar-refractivity contribution is -0.142. The van der Waals surface area contributed by atoms with Crippen molar-refractivity contribution in [1.29, 1.82) is 0 Å². The Balaban J connectivity index is 2.56. The van der Waals surface area contributed by atoms with Gasteiger partial charge >= 0.3 is 5.97 Å². The summed E-state index contributed by atoms with van der Waals surface area (Å²) in [5.74, 6) is -1.55. The number of carbonyl (C=O) groups excluding carboxylic acids is 1. The third-order valence-corrected chi connectivity index (χ3v) is 3.01. The average molecular weight is 253 g/mol. The minimum absolute atomic E-state index is 0.147. The summed E-state index contributed by atoms with van der Waals surface area (Å²) in [5.41, 5.74) is 0. The molecule has 0 fully saturated rings. The summed E-state index contributed by atoms with van der Waals surface area (Å²) in [7, 11) is 0. The Hall–Kier alpha value is -1.62. The second-order valence-electron chi connectivity index (χ2n) is 3.92. The summed E-state index contributed by atoms with van der Waals surface area (Å²) in [6.07, 6.45) is 3.02. The predicted octanol–water partition coefficient (Wildman–Crippen LogP) is 1.99. The third-order valence-electron chi connectivity index (χ3n) is 2.17. The highest BCUT2D eigenvalue weighted by molar-refractivity contribution is 7.10. The molecule has 0 saturated heterocycles. The van der Waals surface area contributed by atoms with Gasteiger partial charge in [-0.1, -0.05) is 19.9 Å². The number of carboxylic acid groups (broad SMARTS) is 1. The van der Waals surface area contributed by atoms with Gasteiger partial charge in [-0.2, -0.15) is 0 Å². The van der Waals surface area contributed by atoms with E-state index in [1.54, 1.807) is 19.9 Å². The standard InChI is InChI=1S/C12H15NO3S/c1-8(2)11(12(15)16)13-10(14)6-5-9-4-3-7-17-9/h3-8,11H,1-2H3,(H,13,14)(H,15,16)/b6-5+. The average Bonchev–Trinajstić information content (AvgIpc) is 2.74. The van der Waals surface area contributed by atoms with E-state index in [0.717, 1.165) is 4.88 Å². The molecule has 1 amide bonds. The lowest BCUT2D eigenvalue weighted by Gasteiger charge is -2.16. The number of rotatable bonds is 5. The number of carbonyl (C=O) groups is 2. The van der Waals surface area contributed by atoms with E-state index in [0.29, 0.717) is 0 Å². The second kappa shape index (κ2) is 6.20. The molecule has 1 aromatic heterocycles. The van der Waals surface area contributed by atoms with Crippen LogP contribution in [-0.4, -0.2) is 23.0 Å². The summed E-state index contributed by atoms with van der Waals surface area (Å²) >= 11 is 1.51. The largest absolute Gasteiger partial charge is 0.480 e. The molecule has 0 spiro atoms. The lowest BCUT2D eigenvalue weighted by atomic mass is 10.0. The van der Waals surface area contributed by atoms with E-state index < -0.39 is 12.0 Å². The van der Waals surface area contributed by atoms with E-state index in [2.05, 4.69) is 5.32 Å². The first kappa shape index (κ1) is 13.4. The number of carboxylic acids is 1. The summed E-state index contributed by atoms with van der Waals surface area (Å²) in [4.78, 5) is 23.3. The molecule has 0 saturated carbocycles. The molecule has 0 bridgehead atoms. The van der Waals surface area contributed by atoms with Gasteiger partial charge in [0.25, 0.3) is 0 Å². The van der Waals surface area contributed by atoms with Crippen LogP contribution < -0.4 is 5.32 Å². The monoisotopic (exact) mass is 253 g/mol. The Morgan fingerprint density at radius 2 is 2.18 bits per heavy atom. The van der Waals surface area contributed by atoms with E-state index in [1.165, 1.54) is 17.4 Å². The Morgan fingerprint density at radius 3 is 2.65 bits per heavy atom. The van der Waals surface area contributed by atoms with Gasteiger partial charge in [0, 0.05) is 11.0 Å². The summed E-state index contributed by atoms with van der Waals surface area (Å²) in [6, 6.07) is 2.91. The maximum Gasteiger partial charge on any atom is 0.326 e. The predicted molar refractivity (Wildman–Crippen MR) is 67.8 cm³/mol. The van der Waals surface area contributed by atoms with Crippen molar-refractivity contribution in [2.45, 2.75) is 19.9 Å². The van der Waals surface area contributed by atoms with Crippen LogP contribution in [0.1, 0.15) is 18.7 Å². The fourth-order valence-electron chi connectivity index (χ4n) is 1.26. The molecular weight excluding hydrogens is 238 g/mol. The van der Waals surface area contributed by atoms with Gasteiger partial charge in [-0.05, 0) is 23.4 Å². The minimum Gasteiger partial charge on any atom is -0.480 e. The minimum atomic E-state index is -1.02. The first-order valence-electron chi connectivity index (χ1n) is 5.25. The Kier molecular flexibility index (Phi) is 4.90. The molecule has 5 heteroatoms. The highest BCUT2D eigenvalue weighted by atomic mass is 32.1. The van der Waals surface area contributed by atoms with Gasteiger partial charge in [-0.3, -0.25) is 4.79 Å². The van der Waals surface area contributed by atoms with Crippen molar-refractivity contribution in [2.75, 3.05) is 0 Å². The van der Waals surface area contributed by atoms with Crippen LogP contribution in [0.3, 0.4) is 0 Å². The zero-order valence-electron chi connectivity index (χ0n) is 9.71. The van der Waals surface area contributed by atoms with Crippen molar-refractivity contribution < 1.29 is 14.7 Å². The van der Waals surface area contributed by atoms with Crippen LogP contribution in [0.25, 0.3) is 6.08 Å². The van der Waals surface area contributed by atoms with E-state index in [4.69, 9.17) is 5.11 Å². The fraction of sp³-hybridized carbons (Fsp3) is 0.333. The molecule has 0 aliphatic heterocycles. The molecule has 0 aliphatic rings. The van der Waals surface area contributed by atoms with Crippen molar-refractivity contribution in [3.8, 4) is 0 Å². The third kappa shape index (κ3) is 4.40. The normalized spacial score (nSPS) is 12.9. The maximum atomic E-state index is 11.5. The topological polar surface area (TPSA) is 66.4 Å². The summed E-state index contributed by atoms with van der Waals surface area (Å²) in [6.45, 7) is 3.50. The molecule has 0 aromatic carbocycles. The second-order valence-corrected chi connectivity index (χ2v) is 4.90. The number of hydrogen-bond donors (Lipinski definition) is 2. The molecule has 1 rings (SSSR count). The van der Waals surface area contributed by atoms with Gasteiger partial charge in [-0.15, -0.1) is 11.3 Å². The van der Waals surface area contributed by atoms with Crippen molar-refractivity contribution in [3.63, 3.8) is 0 Å². The molecule has 2 N–H and O–H groups in total. The van der Waals surface area contributed by atoms with Gasteiger partial charge in [0.15, 0.2) is 0 Å². The van der Waals surface area contributed by atoms with Gasteiger partial charge in [0.2, 0.25) is 5.91 Å². The van der Waals surface area contributed by atoms with E-state index in [-0.39, 0.29) is 11.8 Å². The van der Waals surface area contributed by atoms with Crippen molar-refractivity contribution in [2.24, 2.45) is 5.92 Å². The van der Waals surface area contributed by atoms with E-state index >= 15 is 0 Å². The quantitative estimate of drug-likeness (QED) is 0.789. The molecule has 92 valence electrons. The highest BCUT2D eigenvalue weighted by Crippen LogP contribution is 2.10. The molecule has 4 nitrogen and oxygen atoms in total. The molecule has 1 heterocycles. The molecule has 1 unspecified atom stereocenters. The maximum absolute atomic E-state index is 11.5. The zero-order valence-corrected chi connectivity index (χ0v) is 10.5. The molecule has 0 radical (unpaired) electrons. The van der Waals surface area contributed by atoms with Crippen LogP contribution in [0.4, 0.5) is 0 Å². The Bertz CT molecular complexity index is 409. The molecular formula is C12H15NO3S. The van der Waals surface area contributed by atoms with Gasteiger partial charge < -0.3 is 10.4 Å². The van der Waals surface area contributed by atoms with Crippen molar-refractivity contribution in [1.82, 2.24) is 5.32 Å². The molecule has 1 atom stereocenters. The SMILES string of the molecule is CC(C)C(NC(=O)/C=C/c1cccs1)C(=O)O.